The molecule has 1 heterocycles. The largest absolute Gasteiger partial charge is 0.382 e. The number of hydrogen-bond acceptors (Lipinski definition) is 7. The van der Waals surface area contributed by atoms with E-state index in [1.165, 1.54) is 11.1 Å². The number of anilines is 1. The second kappa shape index (κ2) is 6.48. The van der Waals surface area contributed by atoms with Gasteiger partial charge in [0.2, 0.25) is 0 Å². The zero-order chi connectivity index (χ0) is 16.3. The molecule has 2 aromatic rings. The van der Waals surface area contributed by atoms with Crippen LogP contribution >= 0.6 is 0 Å². The van der Waals surface area contributed by atoms with Gasteiger partial charge in [-0.2, -0.15) is 0 Å². The molecule has 0 aliphatic carbocycles. The average Bonchev–Trinajstić information content (AvgIpc) is 2.54. The van der Waals surface area contributed by atoms with E-state index in [0.29, 0.717) is 11.3 Å². The van der Waals surface area contributed by atoms with Crippen LogP contribution in [0.1, 0.15) is 22.3 Å². The summed E-state index contributed by atoms with van der Waals surface area (Å²) in [5.41, 5.74) is 9.80. The van der Waals surface area contributed by atoms with Crippen LogP contribution in [0.2, 0.25) is 0 Å². The zero-order valence-corrected chi connectivity index (χ0v) is 12.3. The number of carbonyl (C=O) groups excluding carboxylic acids is 1. The number of nitrogens with two attached hydrogens (primary N) is 2. The highest BCUT2D eigenvalue weighted by Crippen LogP contribution is 2.21. The Morgan fingerprint density at radius 2 is 1.95 bits per heavy atom. The lowest BCUT2D eigenvalue weighted by atomic mass is 10.1. The molecule has 2 rings (SSSR count). The van der Waals surface area contributed by atoms with Crippen molar-refractivity contribution >= 4 is 11.7 Å². The molecule has 116 valence electrons. The molecule has 0 saturated heterocycles. The first-order chi connectivity index (χ1) is 10.4. The molecule has 8 nitrogen and oxygen atoms in total. The molecule has 8 heteroatoms. The van der Waals surface area contributed by atoms with Crippen LogP contribution in [0.15, 0.2) is 30.5 Å². The Kier molecular flexibility index (Phi) is 4.66. The SMILES string of the molecule is CN(C)C(=O)c1ccc(-c2cnc(N)c(C(O)NN)n2)cc1. The van der Waals surface area contributed by atoms with Crippen LogP contribution in [-0.4, -0.2) is 40.0 Å². The number of aromatic nitrogens is 2. The molecule has 6 N–H and O–H groups in total. The third kappa shape index (κ3) is 3.19. The van der Waals surface area contributed by atoms with E-state index in [2.05, 4.69) is 15.4 Å². The number of nitrogens with one attached hydrogen (secondary N) is 1. The lowest BCUT2D eigenvalue weighted by Gasteiger charge is -2.13. The van der Waals surface area contributed by atoms with Gasteiger partial charge in [-0.05, 0) is 12.1 Å². The third-order valence-corrected chi connectivity index (χ3v) is 3.08. The van der Waals surface area contributed by atoms with Crippen LogP contribution in [0.3, 0.4) is 0 Å². The molecule has 0 bridgehead atoms. The Morgan fingerprint density at radius 1 is 1.32 bits per heavy atom. The standard InChI is InChI=1S/C14H18N6O2/c1-20(2)14(22)9-5-3-8(4-6-9)10-7-17-12(15)11(18-10)13(21)19-16/h3-7,13,19,21H,16H2,1-2H3,(H2,15,17). The summed E-state index contributed by atoms with van der Waals surface area (Å²) in [5, 5.41) is 9.69. The van der Waals surface area contributed by atoms with Crippen molar-refractivity contribution in [2.24, 2.45) is 5.84 Å². The van der Waals surface area contributed by atoms with Gasteiger partial charge in [0.05, 0.1) is 11.9 Å². The van der Waals surface area contributed by atoms with E-state index >= 15 is 0 Å². The number of aliphatic hydroxyl groups is 1. The molecule has 0 saturated carbocycles. The Labute approximate surface area is 127 Å². The van der Waals surface area contributed by atoms with Gasteiger partial charge in [0.15, 0.2) is 6.23 Å². The Balaban J connectivity index is 2.34. The van der Waals surface area contributed by atoms with E-state index in [4.69, 9.17) is 11.6 Å². The number of carbonyl (C=O) groups is 1. The summed E-state index contributed by atoms with van der Waals surface area (Å²) in [6.45, 7) is 0. The second-order valence-electron chi connectivity index (χ2n) is 4.87. The van der Waals surface area contributed by atoms with Crippen molar-refractivity contribution in [1.29, 1.82) is 0 Å². The minimum Gasteiger partial charge on any atom is -0.382 e. The maximum Gasteiger partial charge on any atom is 0.253 e. The second-order valence-corrected chi connectivity index (χ2v) is 4.87. The normalized spacial score (nSPS) is 12.0. The van der Waals surface area contributed by atoms with Gasteiger partial charge in [0, 0.05) is 25.2 Å². The highest BCUT2D eigenvalue weighted by molar-refractivity contribution is 5.94. The monoisotopic (exact) mass is 302 g/mol. The number of hydrogen-bond donors (Lipinski definition) is 4. The molecule has 1 atom stereocenters. The topological polar surface area (TPSA) is 130 Å². The quantitative estimate of drug-likeness (QED) is 0.352. The van der Waals surface area contributed by atoms with Crippen molar-refractivity contribution in [3.05, 3.63) is 41.7 Å². The number of aliphatic hydroxyl groups excluding tert-OH is 1. The van der Waals surface area contributed by atoms with Crippen molar-refractivity contribution in [2.45, 2.75) is 6.23 Å². The summed E-state index contributed by atoms with van der Waals surface area (Å²) in [6, 6.07) is 6.91. The van der Waals surface area contributed by atoms with Crippen molar-refractivity contribution in [3.8, 4) is 11.3 Å². The number of hydrazine groups is 1. The first-order valence-corrected chi connectivity index (χ1v) is 6.52. The summed E-state index contributed by atoms with van der Waals surface area (Å²) >= 11 is 0. The van der Waals surface area contributed by atoms with Crippen LogP contribution in [0.5, 0.6) is 0 Å². The van der Waals surface area contributed by atoms with Gasteiger partial charge < -0.3 is 15.7 Å². The third-order valence-electron chi connectivity index (χ3n) is 3.08. The molecule has 0 aliphatic heterocycles. The maximum atomic E-state index is 11.8. The van der Waals surface area contributed by atoms with Gasteiger partial charge in [0.1, 0.15) is 11.5 Å². The number of benzene rings is 1. The smallest absolute Gasteiger partial charge is 0.253 e. The molecule has 0 radical (unpaired) electrons. The molecule has 1 aromatic heterocycles. The van der Waals surface area contributed by atoms with Crippen LogP contribution in [0.25, 0.3) is 11.3 Å². The number of rotatable bonds is 4. The highest BCUT2D eigenvalue weighted by Gasteiger charge is 2.14. The number of nitrogens with zero attached hydrogens (tertiary/aromatic N) is 3. The maximum absolute atomic E-state index is 11.8. The van der Waals surface area contributed by atoms with Crippen LogP contribution < -0.4 is 17.0 Å². The highest BCUT2D eigenvalue weighted by atomic mass is 16.3. The predicted molar refractivity (Wildman–Crippen MR) is 82.2 cm³/mol. The summed E-state index contributed by atoms with van der Waals surface area (Å²) in [4.78, 5) is 21.6. The minimum absolute atomic E-state index is 0.0848. The Hall–Kier alpha value is -2.55. The number of nitrogen functional groups attached to an aromatic ring is 1. The molecule has 1 aromatic carbocycles. The number of amides is 1. The van der Waals surface area contributed by atoms with Crippen LogP contribution in [0, 0.1) is 0 Å². The average molecular weight is 302 g/mol. The first kappa shape index (κ1) is 15.8. The first-order valence-electron chi connectivity index (χ1n) is 6.52. The van der Waals surface area contributed by atoms with Gasteiger partial charge >= 0.3 is 0 Å². The van der Waals surface area contributed by atoms with Gasteiger partial charge in [0.25, 0.3) is 5.91 Å². The Bertz CT molecular complexity index is 672. The fraction of sp³-hybridized carbons (Fsp3) is 0.214. The van der Waals surface area contributed by atoms with Crippen molar-refractivity contribution in [3.63, 3.8) is 0 Å². The molecule has 22 heavy (non-hydrogen) atoms. The van der Waals surface area contributed by atoms with Crippen LogP contribution in [-0.2, 0) is 0 Å². The minimum atomic E-state index is -1.21. The van der Waals surface area contributed by atoms with Gasteiger partial charge in [-0.15, -0.1) is 0 Å². The van der Waals surface area contributed by atoms with Gasteiger partial charge in [-0.25, -0.2) is 15.4 Å². The lowest BCUT2D eigenvalue weighted by molar-refractivity contribution is 0.0827. The van der Waals surface area contributed by atoms with E-state index in [1.54, 1.807) is 38.4 Å². The van der Waals surface area contributed by atoms with E-state index in [0.717, 1.165) is 5.56 Å². The lowest BCUT2D eigenvalue weighted by Crippen LogP contribution is -2.29. The molecule has 0 aliphatic rings. The van der Waals surface area contributed by atoms with E-state index < -0.39 is 6.23 Å². The predicted octanol–water partition coefficient (Wildman–Crippen LogP) is -0.118. The molecule has 0 spiro atoms. The van der Waals surface area contributed by atoms with Crippen molar-refractivity contribution in [1.82, 2.24) is 20.3 Å². The molecular formula is C14H18N6O2. The zero-order valence-electron chi connectivity index (χ0n) is 12.3. The van der Waals surface area contributed by atoms with E-state index in [1.807, 2.05) is 0 Å². The van der Waals surface area contributed by atoms with E-state index in [9.17, 15) is 9.90 Å². The molecule has 0 fully saturated rings. The van der Waals surface area contributed by atoms with Crippen molar-refractivity contribution < 1.29 is 9.90 Å². The fourth-order valence-electron chi connectivity index (χ4n) is 1.87. The molecule has 1 amide bonds. The summed E-state index contributed by atoms with van der Waals surface area (Å²) < 4.78 is 0. The van der Waals surface area contributed by atoms with Crippen LogP contribution in [0.4, 0.5) is 5.82 Å². The Morgan fingerprint density at radius 3 is 2.50 bits per heavy atom. The molecular weight excluding hydrogens is 284 g/mol. The fourth-order valence-corrected chi connectivity index (χ4v) is 1.87. The van der Waals surface area contributed by atoms with E-state index in [-0.39, 0.29) is 17.4 Å². The summed E-state index contributed by atoms with van der Waals surface area (Å²) in [7, 11) is 3.38. The molecule has 1 unspecified atom stereocenters. The van der Waals surface area contributed by atoms with Gasteiger partial charge in [-0.3, -0.25) is 10.6 Å². The summed E-state index contributed by atoms with van der Waals surface area (Å²) in [6.07, 6.45) is 0.284. The summed E-state index contributed by atoms with van der Waals surface area (Å²) in [5.74, 6) is 5.18. The van der Waals surface area contributed by atoms with Crippen molar-refractivity contribution in [2.75, 3.05) is 19.8 Å². The van der Waals surface area contributed by atoms with Gasteiger partial charge in [-0.1, -0.05) is 12.1 Å².